The maximum atomic E-state index is 5.62. The molecule has 0 unspecified atom stereocenters. The Kier molecular flexibility index (Phi) is 1.82. The topological polar surface area (TPSA) is 68.2 Å². The molecule has 5 nitrogen and oxygen atoms in total. The van der Waals surface area contributed by atoms with Crippen molar-refractivity contribution >= 4 is 0 Å². The highest BCUT2D eigenvalue weighted by molar-refractivity contribution is 4.89. The number of aromatic nitrogens is 2. The number of nitrogens with two attached hydrogens (primary N) is 1. The first-order valence-electron chi connectivity index (χ1n) is 4.01. The van der Waals surface area contributed by atoms with E-state index in [0.29, 0.717) is 11.9 Å². The van der Waals surface area contributed by atoms with E-state index in [1.54, 1.807) is 6.92 Å². The second kappa shape index (κ2) is 2.84. The van der Waals surface area contributed by atoms with Gasteiger partial charge in [0, 0.05) is 26.1 Å². The molecule has 1 fully saturated rings. The van der Waals surface area contributed by atoms with Crippen molar-refractivity contribution in [2.24, 2.45) is 5.73 Å². The van der Waals surface area contributed by atoms with Gasteiger partial charge in [0.25, 0.3) is 0 Å². The van der Waals surface area contributed by atoms with Crippen molar-refractivity contribution in [2.45, 2.75) is 19.5 Å². The van der Waals surface area contributed by atoms with Crippen molar-refractivity contribution in [2.75, 3.05) is 13.1 Å². The Balaban J connectivity index is 1.88. The minimum absolute atomic E-state index is 0.331. The maximum absolute atomic E-state index is 5.62. The van der Waals surface area contributed by atoms with Gasteiger partial charge in [0.1, 0.15) is 0 Å². The molecule has 2 rings (SSSR count). The van der Waals surface area contributed by atoms with E-state index in [1.165, 1.54) is 0 Å². The molecule has 0 amide bonds. The summed E-state index contributed by atoms with van der Waals surface area (Å²) in [6, 6.07) is 0.331. The highest BCUT2D eigenvalue weighted by Gasteiger charge is 2.23. The molecular weight excluding hydrogens is 156 g/mol. The first-order chi connectivity index (χ1) is 5.74. The van der Waals surface area contributed by atoms with Crippen LogP contribution in [-0.2, 0) is 6.54 Å². The van der Waals surface area contributed by atoms with E-state index >= 15 is 0 Å². The summed E-state index contributed by atoms with van der Waals surface area (Å²) < 4.78 is 4.84. The van der Waals surface area contributed by atoms with Gasteiger partial charge in [0.15, 0.2) is 5.82 Å². The predicted molar refractivity (Wildman–Crippen MR) is 42.3 cm³/mol. The standard InChI is InChI=1S/C7H12N4O/c1-5-9-7(10-12-5)4-11-2-6(8)3-11/h6H,2-4,8H2,1H3. The lowest BCUT2D eigenvalue weighted by molar-refractivity contribution is 0.137. The molecule has 1 aliphatic heterocycles. The molecule has 0 radical (unpaired) electrons. The molecule has 0 atom stereocenters. The second-order valence-corrected chi connectivity index (χ2v) is 3.18. The fourth-order valence-corrected chi connectivity index (χ4v) is 1.34. The minimum atomic E-state index is 0.331. The van der Waals surface area contributed by atoms with Crippen molar-refractivity contribution in [3.63, 3.8) is 0 Å². The average Bonchev–Trinajstić information content (AvgIpc) is 2.33. The lowest BCUT2D eigenvalue weighted by atomic mass is 10.1. The van der Waals surface area contributed by atoms with Crippen molar-refractivity contribution in [3.8, 4) is 0 Å². The summed E-state index contributed by atoms with van der Waals surface area (Å²) in [5.74, 6) is 1.37. The van der Waals surface area contributed by atoms with E-state index in [0.717, 1.165) is 25.5 Å². The number of likely N-dealkylation sites (tertiary alicyclic amines) is 1. The molecule has 0 aliphatic carbocycles. The van der Waals surface area contributed by atoms with E-state index in [2.05, 4.69) is 15.0 Å². The molecule has 2 heterocycles. The van der Waals surface area contributed by atoms with Gasteiger partial charge in [-0.1, -0.05) is 5.16 Å². The van der Waals surface area contributed by atoms with Gasteiger partial charge in [0.05, 0.1) is 6.54 Å². The van der Waals surface area contributed by atoms with Crippen molar-refractivity contribution < 1.29 is 4.52 Å². The zero-order valence-electron chi connectivity index (χ0n) is 7.03. The molecule has 2 N–H and O–H groups in total. The quantitative estimate of drug-likeness (QED) is 0.646. The lowest BCUT2D eigenvalue weighted by Crippen LogP contribution is -2.55. The molecule has 1 aromatic heterocycles. The number of nitrogens with zero attached hydrogens (tertiary/aromatic N) is 3. The monoisotopic (exact) mass is 168 g/mol. The fourth-order valence-electron chi connectivity index (χ4n) is 1.34. The van der Waals surface area contributed by atoms with Gasteiger partial charge in [-0.15, -0.1) is 0 Å². The molecule has 1 saturated heterocycles. The van der Waals surface area contributed by atoms with Crippen molar-refractivity contribution in [1.82, 2.24) is 15.0 Å². The number of hydrogen-bond acceptors (Lipinski definition) is 5. The highest BCUT2D eigenvalue weighted by atomic mass is 16.5. The Morgan fingerprint density at radius 1 is 1.67 bits per heavy atom. The Labute approximate surface area is 70.5 Å². The average molecular weight is 168 g/mol. The highest BCUT2D eigenvalue weighted by Crippen LogP contribution is 2.08. The van der Waals surface area contributed by atoms with Crippen LogP contribution >= 0.6 is 0 Å². The molecule has 0 saturated carbocycles. The Morgan fingerprint density at radius 3 is 2.92 bits per heavy atom. The van der Waals surface area contributed by atoms with Crippen LogP contribution in [0, 0.1) is 6.92 Å². The zero-order valence-corrected chi connectivity index (χ0v) is 7.03. The van der Waals surface area contributed by atoms with Crippen LogP contribution in [-0.4, -0.2) is 34.2 Å². The van der Waals surface area contributed by atoms with Crippen LogP contribution in [0.2, 0.25) is 0 Å². The number of hydrogen-bond donors (Lipinski definition) is 1. The molecular formula is C7H12N4O. The zero-order chi connectivity index (χ0) is 8.55. The smallest absolute Gasteiger partial charge is 0.223 e. The summed E-state index contributed by atoms with van der Waals surface area (Å²) in [4.78, 5) is 6.29. The van der Waals surface area contributed by atoms with Gasteiger partial charge in [0.2, 0.25) is 5.89 Å². The van der Waals surface area contributed by atoms with E-state index in [4.69, 9.17) is 10.3 Å². The summed E-state index contributed by atoms with van der Waals surface area (Å²) in [5, 5.41) is 3.79. The summed E-state index contributed by atoms with van der Waals surface area (Å²) in [6.45, 7) is 4.42. The predicted octanol–water partition coefficient (Wildman–Crippen LogP) is -0.479. The Bertz CT molecular complexity index is 266. The largest absolute Gasteiger partial charge is 0.340 e. The molecule has 0 spiro atoms. The summed E-state index contributed by atoms with van der Waals surface area (Å²) >= 11 is 0. The Hall–Kier alpha value is -0.940. The molecule has 5 heteroatoms. The van der Waals surface area contributed by atoms with Gasteiger partial charge < -0.3 is 10.3 Å². The van der Waals surface area contributed by atoms with Crippen LogP contribution in [0.15, 0.2) is 4.52 Å². The molecule has 1 aliphatic rings. The van der Waals surface area contributed by atoms with Crippen molar-refractivity contribution in [1.29, 1.82) is 0 Å². The van der Waals surface area contributed by atoms with Crippen LogP contribution < -0.4 is 5.73 Å². The molecule has 0 bridgehead atoms. The summed E-state index contributed by atoms with van der Waals surface area (Å²) in [5.41, 5.74) is 5.62. The first kappa shape index (κ1) is 7.70. The van der Waals surface area contributed by atoms with Gasteiger partial charge >= 0.3 is 0 Å². The second-order valence-electron chi connectivity index (χ2n) is 3.18. The fraction of sp³-hybridized carbons (Fsp3) is 0.714. The third-order valence-corrected chi connectivity index (χ3v) is 1.92. The van der Waals surface area contributed by atoms with Crippen LogP contribution in [0.5, 0.6) is 0 Å². The minimum Gasteiger partial charge on any atom is -0.340 e. The normalized spacial score (nSPS) is 19.5. The third-order valence-electron chi connectivity index (χ3n) is 1.92. The first-order valence-corrected chi connectivity index (χ1v) is 4.01. The van der Waals surface area contributed by atoms with E-state index in [1.807, 2.05) is 0 Å². The third kappa shape index (κ3) is 1.46. The van der Waals surface area contributed by atoms with Crippen LogP contribution in [0.3, 0.4) is 0 Å². The van der Waals surface area contributed by atoms with Gasteiger partial charge in [-0.3, -0.25) is 4.90 Å². The van der Waals surface area contributed by atoms with Gasteiger partial charge in [-0.05, 0) is 0 Å². The summed E-state index contributed by atoms with van der Waals surface area (Å²) in [7, 11) is 0. The SMILES string of the molecule is Cc1nc(CN2CC(N)C2)no1. The van der Waals surface area contributed by atoms with Gasteiger partial charge in [-0.2, -0.15) is 4.98 Å². The van der Waals surface area contributed by atoms with E-state index in [-0.39, 0.29) is 0 Å². The van der Waals surface area contributed by atoms with Gasteiger partial charge in [-0.25, -0.2) is 0 Å². The van der Waals surface area contributed by atoms with Crippen molar-refractivity contribution in [3.05, 3.63) is 11.7 Å². The van der Waals surface area contributed by atoms with E-state index < -0.39 is 0 Å². The van der Waals surface area contributed by atoms with Crippen LogP contribution in [0.4, 0.5) is 0 Å². The van der Waals surface area contributed by atoms with Crippen LogP contribution in [0.25, 0.3) is 0 Å². The molecule has 1 aromatic rings. The van der Waals surface area contributed by atoms with E-state index in [9.17, 15) is 0 Å². The lowest BCUT2D eigenvalue weighted by Gasteiger charge is -2.35. The number of aryl methyl sites for hydroxylation is 1. The maximum Gasteiger partial charge on any atom is 0.223 e. The van der Waals surface area contributed by atoms with Crippen LogP contribution in [0.1, 0.15) is 11.7 Å². The Morgan fingerprint density at radius 2 is 2.42 bits per heavy atom. The molecule has 0 aromatic carbocycles. The number of rotatable bonds is 2. The molecule has 66 valence electrons. The summed E-state index contributed by atoms with van der Waals surface area (Å²) in [6.07, 6.45) is 0. The molecule has 12 heavy (non-hydrogen) atoms.